The molecule has 0 aliphatic rings. The Bertz CT molecular complexity index is 601. The van der Waals surface area contributed by atoms with Gasteiger partial charge in [-0.3, -0.25) is 0 Å². The van der Waals surface area contributed by atoms with Crippen molar-refractivity contribution in [2.45, 2.75) is 13.5 Å². The summed E-state index contributed by atoms with van der Waals surface area (Å²) in [6, 6.07) is 13.9. The minimum atomic E-state index is -0.243. The summed E-state index contributed by atoms with van der Waals surface area (Å²) in [5.41, 5.74) is 1.82. The van der Waals surface area contributed by atoms with Crippen molar-refractivity contribution in [3.8, 4) is 5.75 Å². The van der Waals surface area contributed by atoms with Crippen molar-refractivity contribution in [1.82, 2.24) is 5.32 Å². The first-order valence-electron chi connectivity index (χ1n) is 6.69. The van der Waals surface area contributed by atoms with E-state index in [0.717, 1.165) is 17.0 Å². The zero-order valence-electron chi connectivity index (χ0n) is 11.7. The second-order valence-electron chi connectivity index (χ2n) is 4.39. The maximum Gasteiger partial charge on any atom is 0.171 e. The lowest BCUT2D eigenvalue weighted by molar-refractivity contribution is 0.340. The highest BCUT2D eigenvalue weighted by molar-refractivity contribution is 7.80. The van der Waals surface area contributed by atoms with E-state index in [1.807, 2.05) is 31.2 Å². The van der Waals surface area contributed by atoms with Gasteiger partial charge in [0.1, 0.15) is 11.6 Å². The molecule has 2 N–H and O–H groups in total. The van der Waals surface area contributed by atoms with Gasteiger partial charge in [0.15, 0.2) is 5.11 Å². The number of halogens is 1. The molecule has 0 unspecified atom stereocenters. The Hall–Kier alpha value is -2.14. The van der Waals surface area contributed by atoms with Gasteiger partial charge in [0.25, 0.3) is 0 Å². The molecule has 0 saturated heterocycles. The number of hydrogen-bond donors (Lipinski definition) is 2. The summed E-state index contributed by atoms with van der Waals surface area (Å²) in [6.07, 6.45) is 0. The monoisotopic (exact) mass is 304 g/mol. The smallest absolute Gasteiger partial charge is 0.171 e. The van der Waals surface area contributed by atoms with Crippen LogP contribution in [-0.2, 0) is 6.54 Å². The molecule has 110 valence electrons. The van der Waals surface area contributed by atoms with Crippen LogP contribution in [0.4, 0.5) is 10.1 Å². The van der Waals surface area contributed by atoms with Gasteiger partial charge in [-0.2, -0.15) is 0 Å². The van der Waals surface area contributed by atoms with Crippen molar-refractivity contribution < 1.29 is 9.13 Å². The second-order valence-corrected chi connectivity index (χ2v) is 4.80. The van der Waals surface area contributed by atoms with Crippen LogP contribution in [0.3, 0.4) is 0 Å². The van der Waals surface area contributed by atoms with Crippen LogP contribution in [-0.4, -0.2) is 11.7 Å². The van der Waals surface area contributed by atoms with Crippen LogP contribution >= 0.6 is 12.2 Å². The van der Waals surface area contributed by atoms with E-state index in [0.29, 0.717) is 18.3 Å². The highest BCUT2D eigenvalue weighted by Gasteiger charge is 2.00. The molecule has 3 nitrogen and oxygen atoms in total. The molecule has 0 bridgehead atoms. The molecule has 0 heterocycles. The van der Waals surface area contributed by atoms with Gasteiger partial charge in [0.2, 0.25) is 0 Å². The van der Waals surface area contributed by atoms with Crippen LogP contribution in [0.15, 0.2) is 48.5 Å². The highest BCUT2D eigenvalue weighted by Crippen LogP contribution is 2.17. The third-order valence-corrected chi connectivity index (χ3v) is 3.02. The summed E-state index contributed by atoms with van der Waals surface area (Å²) in [6.45, 7) is 3.10. The third kappa shape index (κ3) is 5.04. The molecule has 0 amide bonds. The van der Waals surface area contributed by atoms with Crippen molar-refractivity contribution in [1.29, 1.82) is 0 Å². The van der Waals surface area contributed by atoms with E-state index >= 15 is 0 Å². The number of thiocarbonyl (C=S) groups is 1. The van der Waals surface area contributed by atoms with Gasteiger partial charge in [-0.1, -0.05) is 18.2 Å². The lowest BCUT2D eigenvalue weighted by Gasteiger charge is -2.11. The summed E-state index contributed by atoms with van der Waals surface area (Å²) in [7, 11) is 0. The molecule has 0 aromatic heterocycles. The van der Waals surface area contributed by atoms with E-state index in [-0.39, 0.29) is 5.82 Å². The standard InChI is InChI=1S/C16H17FN2OS/c1-2-20-15-5-3-4-14(10-15)19-16(21)18-11-12-6-8-13(17)9-7-12/h3-10H,2,11H2,1H3,(H2,18,19,21). The number of benzene rings is 2. The molecular weight excluding hydrogens is 287 g/mol. The zero-order valence-corrected chi connectivity index (χ0v) is 12.5. The minimum Gasteiger partial charge on any atom is -0.494 e. The lowest BCUT2D eigenvalue weighted by Crippen LogP contribution is -2.27. The number of nitrogens with one attached hydrogen (secondary N) is 2. The van der Waals surface area contributed by atoms with E-state index in [9.17, 15) is 4.39 Å². The summed E-state index contributed by atoms with van der Waals surface area (Å²) in [5.74, 6) is 0.552. The molecular formula is C16H17FN2OS. The molecule has 0 fully saturated rings. The van der Waals surface area contributed by atoms with Crippen molar-refractivity contribution in [3.05, 3.63) is 59.9 Å². The zero-order chi connectivity index (χ0) is 15.1. The molecule has 5 heteroatoms. The first-order chi connectivity index (χ1) is 10.2. The number of ether oxygens (including phenoxy) is 1. The van der Waals surface area contributed by atoms with E-state index in [1.165, 1.54) is 12.1 Å². The average Bonchev–Trinajstić information content (AvgIpc) is 2.47. The van der Waals surface area contributed by atoms with Crippen LogP contribution in [0.25, 0.3) is 0 Å². The summed E-state index contributed by atoms with van der Waals surface area (Å²) < 4.78 is 18.2. The van der Waals surface area contributed by atoms with Crippen LogP contribution in [0.5, 0.6) is 5.75 Å². The molecule has 0 atom stereocenters. The van der Waals surface area contributed by atoms with E-state index in [1.54, 1.807) is 12.1 Å². The fourth-order valence-corrected chi connectivity index (χ4v) is 1.98. The molecule has 0 aliphatic carbocycles. The van der Waals surface area contributed by atoms with E-state index in [4.69, 9.17) is 17.0 Å². The van der Waals surface area contributed by atoms with Gasteiger partial charge < -0.3 is 15.4 Å². The quantitative estimate of drug-likeness (QED) is 0.825. The lowest BCUT2D eigenvalue weighted by atomic mass is 10.2. The van der Waals surface area contributed by atoms with Crippen LogP contribution in [0.2, 0.25) is 0 Å². The Kier molecular flexibility index (Phi) is 5.51. The topological polar surface area (TPSA) is 33.3 Å². The van der Waals surface area contributed by atoms with Crippen molar-refractivity contribution >= 4 is 23.0 Å². The maximum atomic E-state index is 12.8. The SMILES string of the molecule is CCOc1cccc(NC(=S)NCc2ccc(F)cc2)c1. The fourth-order valence-electron chi connectivity index (χ4n) is 1.79. The van der Waals surface area contributed by atoms with Gasteiger partial charge in [0, 0.05) is 18.3 Å². The van der Waals surface area contributed by atoms with Crippen LogP contribution in [0, 0.1) is 5.82 Å². The van der Waals surface area contributed by atoms with Crippen molar-refractivity contribution in [2.24, 2.45) is 0 Å². The van der Waals surface area contributed by atoms with Gasteiger partial charge in [-0.25, -0.2) is 4.39 Å². The molecule has 2 aromatic rings. The number of anilines is 1. The molecule has 2 rings (SSSR count). The van der Waals surface area contributed by atoms with Gasteiger partial charge in [0.05, 0.1) is 6.61 Å². The second kappa shape index (κ2) is 7.59. The normalized spacial score (nSPS) is 10.0. The Balaban J connectivity index is 1.86. The molecule has 2 aromatic carbocycles. The fraction of sp³-hybridized carbons (Fsp3) is 0.188. The van der Waals surface area contributed by atoms with Crippen LogP contribution < -0.4 is 15.4 Å². The van der Waals surface area contributed by atoms with E-state index in [2.05, 4.69) is 10.6 Å². The first-order valence-corrected chi connectivity index (χ1v) is 7.10. The van der Waals surface area contributed by atoms with Crippen molar-refractivity contribution in [2.75, 3.05) is 11.9 Å². The highest BCUT2D eigenvalue weighted by atomic mass is 32.1. The maximum absolute atomic E-state index is 12.8. The summed E-state index contributed by atoms with van der Waals surface area (Å²) >= 11 is 5.23. The van der Waals surface area contributed by atoms with E-state index < -0.39 is 0 Å². The molecule has 0 aliphatic heterocycles. The molecule has 0 saturated carbocycles. The largest absolute Gasteiger partial charge is 0.494 e. The summed E-state index contributed by atoms with van der Waals surface area (Å²) in [4.78, 5) is 0. The Labute approximate surface area is 129 Å². The minimum absolute atomic E-state index is 0.243. The first kappa shape index (κ1) is 15.3. The Morgan fingerprint density at radius 2 is 1.95 bits per heavy atom. The number of rotatable bonds is 5. The molecule has 21 heavy (non-hydrogen) atoms. The van der Waals surface area contributed by atoms with Gasteiger partial charge >= 0.3 is 0 Å². The average molecular weight is 304 g/mol. The molecule has 0 spiro atoms. The predicted molar refractivity (Wildman–Crippen MR) is 87.1 cm³/mol. The summed E-state index contributed by atoms with van der Waals surface area (Å²) in [5, 5.41) is 6.67. The molecule has 0 radical (unpaired) electrons. The van der Waals surface area contributed by atoms with Crippen LogP contribution in [0.1, 0.15) is 12.5 Å². The Morgan fingerprint density at radius 1 is 1.19 bits per heavy atom. The van der Waals surface area contributed by atoms with Gasteiger partial charge in [-0.15, -0.1) is 0 Å². The third-order valence-electron chi connectivity index (χ3n) is 2.77. The van der Waals surface area contributed by atoms with Crippen molar-refractivity contribution in [3.63, 3.8) is 0 Å². The Morgan fingerprint density at radius 3 is 2.67 bits per heavy atom. The van der Waals surface area contributed by atoms with Gasteiger partial charge in [-0.05, 0) is 49.0 Å². The predicted octanol–water partition coefficient (Wildman–Crippen LogP) is 3.71. The number of hydrogen-bond acceptors (Lipinski definition) is 2.